The molecule has 1 aliphatic rings. The van der Waals surface area contributed by atoms with Crippen molar-refractivity contribution in [2.75, 3.05) is 32.1 Å². The summed E-state index contributed by atoms with van der Waals surface area (Å²) in [5.74, 6) is 0.218. The molecule has 220 valence electrons. The normalized spacial score (nSPS) is 18.9. The van der Waals surface area contributed by atoms with Gasteiger partial charge in [0.1, 0.15) is 11.9 Å². The predicted molar refractivity (Wildman–Crippen MR) is 147 cm³/mol. The van der Waals surface area contributed by atoms with Crippen LogP contribution in [0.2, 0.25) is 0 Å². The molecule has 40 heavy (non-hydrogen) atoms. The summed E-state index contributed by atoms with van der Waals surface area (Å²) in [6.45, 7) is 8.46. The van der Waals surface area contributed by atoms with E-state index >= 15 is 0 Å². The Labute approximate surface area is 233 Å². The first-order valence-corrected chi connectivity index (χ1v) is 13.4. The van der Waals surface area contributed by atoms with E-state index in [4.69, 9.17) is 4.74 Å². The monoisotopic (exact) mass is 564 g/mol. The van der Waals surface area contributed by atoms with E-state index in [-0.39, 0.29) is 43.0 Å². The summed E-state index contributed by atoms with van der Waals surface area (Å²) in [6.07, 6.45) is -4.73. The van der Waals surface area contributed by atoms with Gasteiger partial charge < -0.3 is 25.4 Å². The van der Waals surface area contributed by atoms with Crippen molar-refractivity contribution in [1.29, 1.82) is 0 Å². The Hall–Kier alpha value is -3.31. The number of hydrogen-bond donors (Lipinski definition) is 3. The van der Waals surface area contributed by atoms with E-state index in [1.54, 1.807) is 30.0 Å². The number of nitrogens with zero attached hydrogens (tertiary/aromatic N) is 2. The lowest BCUT2D eigenvalue weighted by atomic mass is 10.0. The van der Waals surface area contributed by atoms with Gasteiger partial charge in [-0.1, -0.05) is 19.1 Å². The van der Waals surface area contributed by atoms with Gasteiger partial charge in [0.25, 0.3) is 0 Å². The molecule has 0 unspecified atom stereocenters. The topological polar surface area (TPSA) is 94.1 Å². The first-order valence-electron chi connectivity index (χ1n) is 13.4. The third-order valence-electron chi connectivity index (χ3n) is 6.82. The van der Waals surface area contributed by atoms with Crippen molar-refractivity contribution < 1.29 is 32.6 Å². The summed E-state index contributed by atoms with van der Waals surface area (Å²) >= 11 is 0. The number of benzene rings is 2. The number of anilines is 1. The number of aliphatic hydroxyl groups excluding tert-OH is 1. The lowest BCUT2D eigenvalue weighted by Gasteiger charge is -2.34. The smallest absolute Gasteiger partial charge is 0.416 e. The Kier molecular flexibility index (Phi) is 10.4. The molecule has 3 N–H and O–H groups in total. The van der Waals surface area contributed by atoms with E-state index in [2.05, 4.69) is 10.6 Å². The maximum absolute atomic E-state index is 13.3. The van der Waals surface area contributed by atoms with E-state index in [1.165, 1.54) is 12.1 Å². The number of carbonyl (C=O) groups excluding carboxylic acids is 2. The number of halogens is 3. The first-order chi connectivity index (χ1) is 18.8. The van der Waals surface area contributed by atoms with Crippen molar-refractivity contribution in [3.05, 3.63) is 59.2 Å². The second-order valence-corrected chi connectivity index (χ2v) is 10.9. The minimum atomic E-state index is -4.39. The summed E-state index contributed by atoms with van der Waals surface area (Å²) < 4.78 is 45.3. The number of hydrogen-bond acceptors (Lipinski definition) is 5. The average Bonchev–Trinajstić information content (AvgIpc) is 2.90. The van der Waals surface area contributed by atoms with Crippen LogP contribution in [0.3, 0.4) is 0 Å². The van der Waals surface area contributed by atoms with Crippen LogP contribution in [-0.2, 0) is 23.9 Å². The average molecular weight is 565 g/mol. The highest BCUT2D eigenvalue weighted by Crippen LogP contribution is 2.31. The predicted octanol–water partition coefficient (Wildman–Crippen LogP) is 4.52. The summed E-state index contributed by atoms with van der Waals surface area (Å²) in [7, 11) is 1.86. The Balaban J connectivity index is 1.85. The van der Waals surface area contributed by atoms with E-state index in [9.17, 15) is 27.9 Å². The summed E-state index contributed by atoms with van der Waals surface area (Å²) in [6, 6.07) is 9.43. The fraction of sp³-hybridized carbons (Fsp3) is 0.517. The standard InChI is InChI=1S/C29H39F3N4O4/c1-18(2)33-28(39)34-24-10-11-25-22(12-24)13-27(38)36(20(4)17-37)14-19(3)26(40-25)16-35(5)15-21-6-8-23(9-7-21)29(30,31)32/h6-12,18-20,26,37H,13-17H2,1-5H3,(H2,33,34,39)/t19-,20-,26-/m1/s1. The molecule has 2 aromatic carbocycles. The maximum Gasteiger partial charge on any atom is 0.416 e. The molecular weight excluding hydrogens is 525 g/mol. The minimum Gasteiger partial charge on any atom is -0.488 e. The number of amides is 3. The van der Waals surface area contributed by atoms with Gasteiger partial charge in [0.15, 0.2) is 0 Å². The third kappa shape index (κ3) is 8.59. The number of nitrogens with one attached hydrogen (secondary N) is 2. The van der Waals surface area contributed by atoms with Crippen LogP contribution in [0, 0.1) is 5.92 Å². The molecule has 11 heteroatoms. The highest BCUT2D eigenvalue weighted by Gasteiger charge is 2.32. The fourth-order valence-electron chi connectivity index (χ4n) is 4.64. The van der Waals surface area contributed by atoms with Gasteiger partial charge in [-0.05, 0) is 63.7 Å². The maximum atomic E-state index is 13.3. The van der Waals surface area contributed by atoms with Crippen molar-refractivity contribution in [3.63, 3.8) is 0 Å². The largest absolute Gasteiger partial charge is 0.488 e. The van der Waals surface area contributed by atoms with E-state index in [1.807, 2.05) is 32.7 Å². The Morgan fingerprint density at radius 3 is 2.45 bits per heavy atom. The lowest BCUT2D eigenvalue weighted by molar-refractivity contribution is -0.137. The number of urea groups is 1. The van der Waals surface area contributed by atoms with Gasteiger partial charge in [0.2, 0.25) is 5.91 Å². The SMILES string of the molecule is CC(C)NC(=O)Nc1ccc2c(c1)CC(=O)N([C@H](C)CO)C[C@@H](C)[C@@H](CN(C)Cc1ccc(C(F)(F)F)cc1)O2. The van der Waals surface area contributed by atoms with E-state index in [0.29, 0.717) is 36.6 Å². The zero-order chi connectivity index (χ0) is 29.6. The molecule has 1 aliphatic heterocycles. The first kappa shape index (κ1) is 31.2. The van der Waals surface area contributed by atoms with Gasteiger partial charge in [-0.3, -0.25) is 9.69 Å². The summed E-state index contributed by atoms with van der Waals surface area (Å²) in [5.41, 5.74) is 1.15. The third-order valence-corrected chi connectivity index (χ3v) is 6.82. The van der Waals surface area contributed by atoms with Crippen LogP contribution in [0.25, 0.3) is 0 Å². The number of aliphatic hydroxyl groups is 1. The Bertz CT molecular complexity index is 1160. The van der Waals surface area contributed by atoms with Gasteiger partial charge in [-0.15, -0.1) is 0 Å². The zero-order valence-electron chi connectivity index (χ0n) is 23.6. The number of ether oxygens (including phenoxy) is 1. The van der Waals surface area contributed by atoms with Crippen molar-refractivity contribution in [2.24, 2.45) is 5.92 Å². The molecule has 0 bridgehead atoms. The van der Waals surface area contributed by atoms with Crippen LogP contribution in [0.15, 0.2) is 42.5 Å². The Morgan fingerprint density at radius 2 is 1.85 bits per heavy atom. The Morgan fingerprint density at radius 1 is 1.18 bits per heavy atom. The molecule has 3 atom stereocenters. The zero-order valence-corrected chi connectivity index (χ0v) is 23.6. The van der Waals surface area contributed by atoms with Gasteiger partial charge in [-0.25, -0.2) is 4.79 Å². The second-order valence-electron chi connectivity index (χ2n) is 10.9. The van der Waals surface area contributed by atoms with Crippen LogP contribution in [-0.4, -0.2) is 71.8 Å². The minimum absolute atomic E-state index is 0.0296. The molecule has 2 aromatic rings. The van der Waals surface area contributed by atoms with Gasteiger partial charge >= 0.3 is 12.2 Å². The quantitative estimate of drug-likeness (QED) is 0.439. The number of rotatable bonds is 8. The molecule has 0 radical (unpaired) electrons. The van der Waals surface area contributed by atoms with Crippen LogP contribution < -0.4 is 15.4 Å². The van der Waals surface area contributed by atoms with Gasteiger partial charge in [-0.2, -0.15) is 13.2 Å². The highest BCUT2D eigenvalue weighted by atomic mass is 19.4. The number of alkyl halides is 3. The van der Waals surface area contributed by atoms with Crippen molar-refractivity contribution >= 4 is 17.6 Å². The molecular formula is C29H39F3N4O4. The highest BCUT2D eigenvalue weighted by molar-refractivity contribution is 5.90. The molecule has 1 heterocycles. The fourth-order valence-corrected chi connectivity index (χ4v) is 4.64. The molecule has 3 rings (SSSR count). The van der Waals surface area contributed by atoms with Gasteiger partial charge in [0, 0.05) is 42.8 Å². The molecule has 0 aliphatic carbocycles. The molecule has 0 saturated carbocycles. The molecule has 3 amide bonds. The molecule has 8 nitrogen and oxygen atoms in total. The number of fused-ring (bicyclic) bond motifs is 1. The molecule has 0 saturated heterocycles. The number of likely N-dealkylation sites (N-methyl/N-ethyl adjacent to an activating group) is 1. The molecule has 0 spiro atoms. The van der Waals surface area contributed by atoms with Crippen LogP contribution in [0.1, 0.15) is 44.4 Å². The van der Waals surface area contributed by atoms with E-state index < -0.39 is 17.8 Å². The van der Waals surface area contributed by atoms with Crippen molar-refractivity contribution in [2.45, 2.75) is 65.0 Å². The summed E-state index contributed by atoms with van der Waals surface area (Å²) in [5, 5.41) is 15.4. The van der Waals surface area contributed by atoms with Crippen LogP contribution in [0.4, 0.5) is 23.7 Å². The molecule has 0 fully saturated rings. The second kappa shape index (κ2) is 13.4. The van der Waals surface area contributed by atoms with Crippen LogP contribution in [0.5, 0.6) is 5.75 Å². The summed E-state index contributed by atoms with van der Waals surface area (Å²) in [4.78, 5) is 29.2. The van der Waals surface area contributed by atoms with Gasteiger partial charge in [0.05, 0.1) is 24.6 Å². The van der Waals surface area contributed by atoms with Crippen molar-refractivity contribution in [1.82, 2.24) is 15.1 Å². The number of carbonyl (C=O) groups is 2. The lowest BCUT2D eigenvalue weighted by Crippen LogP contribution is -2.47. The molecule has 0 aromatic heterocycles. The van der Waals surface area contributed by atoms with Crippen LogP contribution >= 0.6 is 0 Å². The van der Waals surface area contributed by atoms with E-state index in [0.717, 1.165) is 17.7 Å². The van der Waals surface area contributed by atoms with Crippen molar-refractivity contribution in [3.8, 4) is 5.75 Å².